The van der Waals surface area contributed by atoms with Crippen molar-refractivity contribution in [2.75, 3.05) is 13.1 Å². The Morgan fingerprint density at radius 2 is 2.15 bits per heavy atom. The fraction of sp³-hybridized carbons (Fsp3) is 0.625. The molecule has 0 N–H and O–H groups in total. The Hall–Kier alpha value is -1.23. The summed E-state index contributed by atoms with van der Waals surface area (Å²) in [5.41, 5.74) is 0. The Bertz CT molecular complexity index is 263. The summed E-state index contributed by atoms with van der Waals surface area (Å²) >= 11 is 0. The first-order valence-electron chi connectivity index (χ1n) is 4.43. The van der Waals surface area contributed by atoms with Gasteiger partial charge in [0.15, 0.2) is 5.82 Å². The van der Waals surface area contributed by atoms with E-state index >= 15 is 0 Å². The lowest BCUT2D eigenvalue weighted by atomic mass is 10.4. The molecule has 0 unspecified atom stereocenters. The van der Waals surface area contributed by atoms with Crippen molar-refractivity contribution < 1.29 is 0 Å². The maximum Gasteiger partial charge on any atom is 0.169 e. The first kappa shape index (κ1) is 9.85. The van der Waals surface area contributed by atoms with Gasteiger partial charge < -0.3 is 0 Å². The van der Waals surface area contributed by atoms with E-state index in [1.165, 1.54) is 0 Å². The van der Waals surface area contributed by atoms with E-state index in [2.05, 4.69) is 40.9 Å². The maximum atomic E-state index is 3.91. The Balaban J connectivity index is 2.66. The van der Waals surface area contributed by atoms with Crippen molar-refractivity contribution in [1.29, 1.82) is 0 Å². The van der Waals surface area contributed by atoms with Crippen LogP contribution in [-0.4, -0.2) is 38.2 Å². The normalized spacial score (nSPS) is 10.7. The molecule has 0 aliphatic rings. The van der Waals surface area contributed by atoms with Crippen molar-refractivity contribution in [2.24, 2.45) is 0 Å². The molecule has 0 fully saturated rings. The molecule has 5 nitrogen and oxygen atoms in total. The molecule has 0 saturated carbocycles. The molecular weight excluding hydrogens is 166 g/mol. The van der Waals surface area contributed by atoms with Crippen LogP contribution in [0.15, 0.2) is 6.58 Å². The van der Waals surface area contributed by atoms with Crippen LogP contribution in [0.2, 0.25) is 0 Å². The number of nitrogens with zero attached hydrogens (tertiary/aromatic N) is 5. The molecule has 0 bridgehead atoms. The van der Waals surface area contributed by atoms with E-state index in [9.17, 15) is 0 Å². The standard InChI is InChI=1S/C8H15N5/c1-4-12(5-2)7-8-9-10-11-13(8)6-3/h6H,3-5,7H2,1-2H3. The Morgan fingerprint density at radius 1 is 1.46 bits per heavy atom. The molecule has 1 aromatic rings. The second kappa shape index (κ2) is 4.71. The quantitative estimate of drug-likeness (QED) is 0.668. The van der Waals surface area contributed by atoms with E-state index < -0.39 is 0 Å². The highest BCUT2D eigenvalue weighted by atomic mass is 15.5. The zero-order valence-corrected chi connectivity index (χ0v) is 8.14. The molecule has 0 saturated heterocycles. The van der Waals surface area contributed by atoms with Crippen LogP contribution in [0.4, 0.5) is 0 Å². The van der Waals surface area contributed by atoms with Crippen LogP contribution < -0.4 is 0 Å². The summed E-state index contributed by atoms with van der Waals surface area (Å²) in [7, 11) is 0. The summed E-state index contributed by atoms with van der Waals surface area (Å²) in [5.74, 6) is 0.832. The van der Waals surface area contributed by atoms with Crippen LogP contribution in [-0.2, 0) is 6.54 Å². The van der Waals surface area contributed by atoms with E-state index in [-0.39, 0.29) is 0 Å². The van der Waals surface area contributed by atoms with E-state index in [1.54, 1.807) is 10.9 Å². The molecule has 0 atom stereocenters. The van der Waals surface area contributed by atoms with Crippen LogP contribution in [0.25, 0.3) is 6.20 Å². The van der Waals surface area contributed by atoms with E-state index in [4.69, 9.17) is 0 Å². The van der Waals surface area contributed by atoms with Crippen molar-refractivity contribution in [3.8, 4) is 0 Å². The molecular formula is C8H15N5. The monoisotopic (exact) mass is 181 g/mol. The van der Waals surface area contributed by atoms with Gasteiger partial charge in [0.1, 0.15) is 0 Å². The van der Waals surface area contributed by atoms with Gasteiger partial charge >= 0.3 is 0 Å². The Morgan fingerprint density at radius 3 is 2.69 bits per heavy atom. The van der Waals surface area contributed by atoms with Gasteiger partial charge in [-0.15, -0.1) is 5.10 Å². The zero-order valence-electron chi connectivity index (χ0n) is 8.14. The van der Waals surface area contributed by atoms with Crippen LogP contribution in [0.3, 0.4) is 0 Å². The second-order valence-corrected chi connectivity index (χ2v) is 2.68. The third-order valence-electron chi connectivity index (χ3n) is 1.99. The van der Waals surface area contributed by atoms with Crippen LogP contribution in [0, 0.1) is 0 Å². The predicted molar refractivity (Wildman–Crippen MR) is 50.8 cm³/mol. The molecule has 13 heavy (non-hydrogen) atoms. The Kier molecular flexibility index (Phi) is 3.57. The highest BCUT2D eigenvalue weighted by Crippen LogP contribution is 1.98. The molecule has 1 heterocycles. The molecule has 0 aliphatic carbocycles. The minimum atomic E-state index is 0.770. The third kappa shape index (κ3) is 2.35. The number of aromatic nitrogens is 4. The summed E-state index contributed by atoms with van der Waals surface area (Å²) in [6.07, 6.45) is 1.61. The average Bonchev–Trinajstić information content (AvgIpc) is 2.61. The summed E-state index contributed by atoms with van der Waals surface area (Å²) in [6, 6.07) is 0. The van der Waals surface area contributed by atoms with Crippen molar-refractivity contribution in [1.82, 2.24) is 25.1 Å². The van der Waals surface area contributed by atoms with Gasteiger partial charge in [0.2, 0.25) is 0 Å². The molecule has 0 spiro atoms. The lowest BCUT2D eigenvalue weighted by Crippen LogP contribution is -2.23. The van der Waals surface area contributed by atoms with Gasteiger partial charge in [-0.1, -0.05) is 20.4 Å². The van der Waals surface area contributed by atoms with Crippen molar-refractivity contribution >= 4 is 6.20 Å². The molecule has 5 heteroatoms. The van der Waals surface area contributed by atoms with Gasteiger partial charge in [-0.25, -0.2) is 4.68 Å². The lowest BCUT2D eigenvalue weighted by Gasteiger charge is -2.15. The van der Waals surface area contributed by atoms with E-state index in [1.807, 2.05) is 0 Å². The van der Waals surface area contributed by atoms with Gasteiger partial charge in [0.05, 0.1) is 6.54 Å². The molecule has 0 amide bonds. The minimum Gasteiger partial charge on any atom is -0.296 e. The number of hydrogen-bond donors (Lipinski definition) is 0. The SMILES string of the molecule is C=Cn1nnnc1CN(CC)CC. The van der Waals surface area contributed by atoms with Gasteiger partial charge in [0, 0.05) is 6.20 Å². The molecule has 0 aromatic carbocycles. The summed E-state index contributed by atoms with van der Waals surface area (Å²) < 4.78 is 1.60. The molecule has 1 rings (SSSR count). The fourth-order valence-corrected chi connectivity index (χ4v) is 1.11. The first-order chi connectivity index (χ1) is 6.31. The van der Waals surface area contributed by atoms with E-state index in [0.717, 1.165) is 25.5 Å². The maximum absolute atomic E-state index is 3.91. The summed E-state index contributed by atoms with van der Waals surface area (Å²) in [5, 5.41) is 11.3. The molecule has 1 aromatic heterocycles. The van der Waals surface area contributed by atoms with Gasteiger partial charge in [-0.2, -0.15) is 0 Å². The first-order valence-corrected chi connectivity index (χ1v) is 4.43. The van der Waals surface area contributed by atoms with Crippen LogP contribution in [0.5, 0.6) is 0 Å². The topological polar surface area (TPSA) is 46.8 Å². The lowest BCUT2D eigenvalue weighted by molar-refractivity contribution is 0.286. The highest BCUT2D eigenvalue weighted by Gasteiger charge is 2.06. The van der Waals surface area contributed by atoms with Gasteiger partial charge in [0.25, 0.3) is 0 Å². The fourth-order valence-electron chi connectivity index (χ4n) is 1.11. The van der Waals surface area contributed by atoms with E-state index in [0.29, 0.717) is 0 Å². The van der Waals surface area contributed by atoms with Crippen molar-refractivity contribution in [3.63, 3.8) is 0 Å². The van der Waals surface area contributed by atoms with Crippen LogP contribution in [0.1, 0.15) is 19.7 Å². The molecule has 0 radical (unpaired) electrons. The second-order valence-electron chi connectivity index (χ2n) is 2.68. The van der Waals surface area contributed by atoms with Gasteiger partial charge in [-0.05, 0) is 23.5 Å². The molecule has 0 aliphatic heterocycles. The van der Waals surface area contributed by atoms with Crippen molar-refractivity contribution in [2.45, 2.75) is 20.4 Å². The summed E-state index contributed by atoms with van der Waals surface area (Å²) in [6.45, 7) is 10.6. The minimum absolute atomic E-state index is 0.770. The zero-order chi connectivity index (χ0) is 9.68. The molecule has 72 valence electrons. The third-order valence-corrected chi connectivity index (χ3v) is 1.99. The Labute approximate surface area is 78.0 Å². The smallest absolute Gasteiger partial charge is 0.169 e. The van der Waals surface area contributed by atoms with Gasteiger partial charge in [-0.3, -0.25) is 4.90 Å². The predicted octanol–water partition coefficient (Wildman–Crippen LogP) is 0.615. The largest absolute Gasteiger partial charge is 0.296 e. The highest BCUT2D eigenvalue weighted by molar-refractivity contribution is 5.14. The number of hydrogen-bond acceptors (Lipinski definition) is 4. The average molecular weight is 181 g/mol. The van der Waals surface area contributed by atoms with Crippen LogP contribution >= 0.6 is 0 Å². The summed E-state index contributed by atoms with van der Waals surface area (Å²) in [4.78, 5) is 2.24. The van der Waals surface area contributed by atoms with Crippen molar-refractivity contribution in [3.05, 3.63) is 12.4 Å². The number of tetrazole rings is 1. The number of rotatable bonds is 5.